The highest BCUT2D eigenvalue weighted by molar-refractivity contribution is 5.71. The SMILES string of the molecule is CCC(CC)C1OCCC1C(=O)O. The fourth-order valence-corrected chi connectivity index (χ4v) is 2.09. The van der Waals surface area contributed by atoms with Crippen molar-refractivity contribution < 1.29 is 14.6 Å². The Morgan fingerprint density at radius 2 is 2.15 bits per heavy atom. The Balaban J connectivity index is 2.61. The minimum absolute atomic E-state index is 0.0486. The fraction of sp³-hybridized carbons (Fsp3) is 0.900. The van der Waals surface area contributed by atoms with Gasteiger partial charge in [0, 0.05) is 6.61 Å². The van der Waals surface area contributed by atoms with Crippen LogP contribution in [0, 0.1) is 11.8 Å². The Morgan fingerprint density at radius 1 is 1.54 bits per heavy atom. The van der Waals surface area contributed by atoms with Crippen LogP contribution in [0.1, 0.15) is 33.1 Å². The molecule has 0 spiro atoms. The van der Waals surface area contributed by atoms with Gasteiger partial charge in [-0.25, -0.2) is 0 Å². The monoisotopic (exact) mass is 186 g/mol. The zero-order valence-corrected chi connectivity index (χ0v) is 8.32. The summed E-state index contributed by atoms with van der Waals surface area (Å²) in [5, 5.41) is 8.94. The van der Waals surface area contributed by atoms with Crippen LogP contribution in [0.2, 0.25) is 0 Å². The van der Waals surface area contributed by atoms with E-state index in [9.17, 15) is 4.79 Å². The third kappa shape index (κ3) is 2.21. The van der Waals surface area contributed by atoms with Crippen LogP contribution in [0.15, 0.2) is 0 Å². The van der Waals surface area contributed by atoms with E-state index in [0.29, 0.717) is 18.9 Å². The summed E-state index contributed by atoms with van der Waals surface area (Å²) in [6, 6.07) is 0. The van der Waals surface area contributed by atoms with Crippen molar-refractivity contribution in [2.45, 2.75) is 39.2 Å². The Bertz CT molecular complexity index is 175. The van der Waals surface area contributed by atoms with Crippen LogP contribution < -0.4 is 0 Å². The van der Waals surface area contributed by atoms with Crippen molar-refractivity contribution in [3.63, 3.8) is 0 Å². The number of hydrogen-bond donors (Lipinski definition) is 1. The second-order valence-electron chi connectivity index (χ2n) is 3.65. The molecule has 1 heterocycles. The van der Waals surface area contributed by atoms with E-state index >= 15 is 0 Å². The largest absolute Gasteiger partial charge is 0.481 e. The number of hydrogen-bond acceptors (Lipinski definition) is 2. The highest BCUT2D eigenvalue weighted by atomic mass is 16.5. The molecule has 1 saturated heterocycles. The van der Waals surface area contributed by atoms with Crippen molar-refractivity contribution in [2.75, 3.05) is 6.61 Å². The zero-order chi connectivity index (χ0) is 9.84. The molecule has 0 aromatic rings. The number of carboxylic acid groups (broad SMARTS) is 1. The quantitative estimate of drug-likeness (QED) is 0.729. The molecule has 76 valence electrons. The summed E-state index contributed by atoms with van der Waals surface area (Å²) in [5.41, 5.74) is 0. The van der Waals surface area contributed by atoms with Gasteiger partial charge in [-0.2, -0.15) is 0 Å². The molecule has 1 rings (SSSR count). The van der Waals surface area contributed by atoms with Crippen molar-refractivity contribution in [3.05, 3.63) is 0 Å². The van der Waals surface area contributed by atoms with Crippen LogP contribution in [0.4, 0.5) is 0 Å². The van der Waals surface area contributed by atoms with Crippen LogP contribution >= 0.6 is 0 Å². The van der Waals surface area contributed by atoms with E-state index in [1.807, 2.05) is 0 Å². The van der Waals surface area contributed by atoms with E-state index in [4.69, 9.17) is 9.84 Å². The van der Waals surface area contributed by atoms with E-state index in [1.54, 1.807) is 0 Å². The Hall–Kier alpha value is -0.570. The van der Waals surface area contributed by atoms with Crippen LogP contribution in [0.5, 0.6) is 0 Å². The van der Waals surface area contributed by atoms with Crippen LogP contribution in [0.25, 0.3) is 0 Å². The van der Waals surface area contributed by atoms with Gasteiger partial charge < -0.3 is 9.84 Å². The first-order chi connectivity index (χ1) is 6.20. The summed E-state index contributed by atoms with van der Waals surface area (Å²) in [7, 11) is 0. The molecule has 0 aromatic heterocycles. The number of carbonyl (C=O) groups is 1. The molecule has 0 amide bonds. The summed E-state index contributed by atoms with van der Waals surface area (Å²) in [5.74, 6) is -0.567. The van der Waals surface area contributed by atoms with Gasteiger partial charge in [0.1, 0.15) is 0 Å². The third-order valence-corrected chi connectivity index (χ3v) is 2.97. The highest BCUT2D eigenvalue weighted by Gasteiger charge is 2.37. The number of aliphatic carboxylic acids is 1. The molecule has 13 heavy (non-hydrogen) atoms. The van der Waals surface area contributed by atoms with Gasteiger partial charge in [-0.05, 0) is 12.3 Å². The molecular weight excluding hydrogens is 168 g/mol. The molecule has 0 aliphatic carbocycles. The topological polar surface area (TPSA) is 46.5 Å². The maximum atomic E-state index is 10.9. The summed E-state index contributed by atoms with van der Waals surface area (Å²) in [6.45, 7) is 4.79. The average Bonchev–Trinajstić information content (AvgIpc) is 2.55. The van der Waals surface area contributed by atoms with Crippen molar-refractivity contribution in [1.29, 1.82) is 0 Å². The fourth-order valence-electron chi connectivity index (χ4n) is 2.09. The van der Waals surface area contributed by atoms with Gasteiger partial charge in [-0.15, -0.1) is 0 Å². The van der Waals surface area contributed by atoms with Gasteiger partial charge in [-0.3, -0.25) is 4.79 Å². The van der Waals surface area contributed by atoms with Crippen LogP contribution in [-0.4, -0.2) is 23.8 Å². The lowest BCUT2D eigenvalue weighted by atomic mass is 9.87. The molecule has 1 fully saturated rings. The van der Waals surface area contributed by atoms with E-state index in [0.717, 1.165) is 12.8 Å². The second-order valence-corrected chi connectivity index (χ2v) is 3.65. The van der Waals surface area contributed by atoms with Gasteiger partial charge in [0.25, 0.3) is 0 Å². The maximum Gasteiger partial charge on any atom is 0.309 e. The summed E-state index contributed by atoms with van der Waals surface area (Å²) < 4.78 is 5.49. The van der Waals surface area contributed by atoms with E-state index < -0.39 is 5.97 Å². The molecule has 3 heteroatoms. The molecule has 0 saturated carbocycles. The van der Waals surface area contributed by atoms with Crippen molar-refractivity contribution in [3.8, 4) is 0 Å². The summed E-state index contributed by atoms with van der Waals surface area (Å²) in [6.07, 6.45) is 2.64. The normalized spacial score (nSPS) is 28.2. The Kier molecular flexibility index (Phi) is 3.72. The Morgan fingerprint density at radius 3 is 2.62 bits per heavy atom. The lowest BCUT2D eigenvalue weighted by Gasteiger charge is -2.23. The molecule has 0 bridgehead atoms. The van der Waals surface area contributed by atoms with Gasteiger partial charge in [0.2, 0.25) is 0 Å². The first-order valence-electron chi connectivity index (χ1n) is 5.05. The standard InChI is InChI=1S/C10H18O3/c1-3-7(4-2)9-8(10(11)12)5-6-13-9/h7-9H,3-6H2,1-2H3,(H,11,12). The lowest BCUT2D eigenvalue weighted by molar-refractivity contribution is -0.144. The van der Waals surface area contributed by atoms with Crippen LogP contribution in [0.3, 0.4) is 0 Å². The van der Waals surface area contributed by atoms with Gasteiger partial charge >= 0.3 is 5.97 Å². The molecule has 0 radical (unpaired) electrons. The molecule has 0 aromatic carbocycles. The van der Waals surface area contributed by atoms with Gasteiger partial charge in [0.05, 0.1) is 12.0 Å². The molecule has 1 N–H and O–H groups in total. The lowest BCUT2D eigenvalue weighted by Crippen LogP contribution is -2.30. The minimum atomic E-state index is -0.700. The van der Waals surface area contributed by atoms with Gasteiger partial charge in [0.15, 0.2) is 0 Å². The third-order valence-electron chi connectivity index (χ3n) is 2.97. The van der Waals surface area contributed by atoms with Crippen LogP contribution in [-0.2, 0) is 9.53 Å². The zero-order valence-electron chi connectivity index (χ0n) is 8.32. The molecule has 2 unspecified atom stereocenters. The van der Waals surface area contributed by atoms with Crippen molar-refractivity contribution >= 4 is 5.97 Å². The highest BCUT2D eigenvalue weighted by Crippen LogP contribution is 2.30. The molecule has 3 nitrogen and oxygen atoms in total. The summed E-state index contributed by atoms with van der Waals surface area (Å²) in [4.78, 5) is 10.9. The Labute approximate surface area is 79.1 Å². The molecule has 1 aliphatic heterocycles. The van der Waals surface area contributed by atoms with Crippen molar-refractivity contribution in [1.82, 2.24) is 0 Å². The smallest absolute Gasteiger partial charge is 0.309 e. The minimum Gasteiger partial charge on any atom is -0.481 e. The number of ether oxygens (including phenoxy) is 1. The molecular formula is C10H18O3. The van der Waals surface area contributed by atoms with E-state index in [2.05, 4.69) is 13.8 Å². The van der Waals surface area contributed by atoms with Crippen molar-refractivity contribution in [2.24, 2.45) is 11.8 Å². The summed E-state index contributed by atoms with van der Waals surface area (Å²) >= 11 is 0. The maximum absolute atomic E-state index is 10.9. The van der Waals surface area contributed by atoms with E-state index in [1.165, 1.54) is 0 Å². The number of carboxylic acids is 1. The first kappa shape index (κ1) is 10.5. The second kappa shape index (κ2) is 4.61. The predicted molar refractivity (Wildman–Crippen MR) is 49.6 cm³/mol. The number of rotatable bonds is 4. The van der Waals surface area contributed by atoms with E-state index in [-0.39, 0.29) is 12.0 Å². The predicted octanol–water partition coefficient (Wildman–Crippen LogP) is 1.91. The molecule has 1 aliphatic rings. The molecule has 2 atom stereocenters. The first-order valence-corrected chi connectivity index (χ1v) is 5.05. The average molecular weight is 186 g/mol. The van der Waals surface area contributed by atoms with Gasteiger partial charge in [-0.1, -0.05) is 26.7 Å².